The summed E-state index contributed by atoms with van der Waals surface area (Å²) < 4.78 is 6.94. The molecule has 1 spiro atoms. The molecule has 6 rings (SSSR count). The number of ether oxygens (including phenoxy) is 1. The number of fused-ring (bicyclic) bond motifs is 2. The summed E-state index contributed by atoms with van der Waals surface area (Å²) in [5.41, 5.74) is -0.740. The Hall–Kier alpha value is -3.75. The summed E-state index contributed by atoms with van der Waals surface area (Å²) in [7, 11) is 0. The lowest BCUT2D eigenvalue weighted by molar-refractivity contribution is -0.155. The molecule has 2 aromatic rings. The highest BCUT2D eigenvalue weighted by atomic mass is 16.5. The Balaban J connectivity index is 1.47. The van der Waals surface area contributed by atoms with Crippen LogP contribution in [0, 0.1) is 17.8 Å². The smallest absolute Gasteiger partial charge is 0.249 e. The summed E-state index contributed by atoms with van der Waals surface area (Å²) in [5, 5.41) is 10.6. The van der Waals surface area contributed by atoms with Gasteiger partial charge in [0.15, 0.2) is 0 Å². The predicted octanol–water partition coefficient (Wildman–Crippen LogP) is 3.57. The van der Waals surface area contributed by atoms with E-state index in [1.165, 1.54) is 0 Å². The fraction of sp³-hybridized carbons (Fsp3) is 0.441. The van der Waals surface area contributed by atoms with E-state index in [0.29, 0.717) is 26.1 Å². The van der Waals surface area contributed by atoms with Gasteiger partial charge in [0.1, 0.15) is 11.6 Å². The van der Waals surface area contributed by atoms with E-state index in [2.05, 4.69) is 0 Å². The van der Waals surface area contributed by atoms with Gasteiger partial charge in [-0.25, -0.2) is 0 Å². The van der Waals surface area contributed by atoms with Crippen molar-refractivity contribution in [1.82, 2.24) is 9.80 Å². The second kappa shape index (κ2) is 10.8. The number of hydrogen-bond acceptors (Lipinski definition) is 5. The van der Waals surface area contributed by atoms with Gasteiger partial charge in [0.2, 0.25) is 17.7 Å². The van der Waals surface area contributed by atoms with Gasteiger partial charge in [-0.2, -0.15) is 0 Å². The number of aliphatic hydroxyl groups excluding tert-OH is 1. The summed E-state index contributed by atoms with van der Waals surface area (Å²) in [4.78, 5) is 48.7. The van der Waals surface area contributed by atoms with Crippen LogP contribution >= 0.6 is 0 Å². The first-order chi connectivity index (χ1) is 20.2. The zero-order valence-electron chi connectivity index (χ0n) is 24.4. The number of carbonyl (C=O) groups is 3. The van der Waals surface area contributed by atoms with Crippen LogP contribution in [0.5, 0.6) is 0 Å². The average molecular weight is 570 g/mol. The molecule has 2 fully saturated rings. The van der Waals surface area contributed by atoms with E-state index >= 15 is 0 Å². The second-order valence-corrected chi connectivity index (χ2v) is 12.5. The van der Waals surface area contributed by atoms with E-state index in [-0.39, 0.29) is 30.2 Å². The Labute approximate surface area is 247 Å². The number of amides is 3. The molecular formula is C34H39N3O5. The van der Waals surface area contributed by atoms with Crippen LogP contribution < -0.4 is 4.90 Å². The van der Waals surface area contributed by atoms with Gasteiger partial charge in [0.25, 0.3) is 0 Å². The Kier molecular flexibility index (Phi) is 7.31. The van der Waals surface area contributed by atoms with Crippen molar-refractivity contribution in [2.75, 3.05) is 24.6 Å². The summed E-state index contributed by atoms with van der Waals surface area (Å²) in [6.07, 6.45) is 8.09. The van der Waals surface area contributed by atoms with E-state index in [4.69, 9.17) is 4.74 Å². The average Bonchev–Trinajstić information content (AvgIpc) is 3.26. The maximum atomic E-state index is 14.7. The largest absolute Gasteiger partial charge is 0.394 e. The van der Waals surface area contributed by atoms with Crippen molar-refractivity contribution < 1.29 is 24.2 Å². The molecule has 8 heteroatoms. The van der Waals surface area contributed by atoms with E-state index in [1.54, 1.807) is 14.7 Å². The normalized spacial score (nSPS) is 31.2. The van der Waals surface area contributed by atoms with Gasteiger partial charge in [-0.15, -0.1) is 0 Å². The fourth-order valence-electron chi connectivity index (χ4n) is 7.51. The van der Waals surface area contributed by atoms with Crippen LogP contribution in [-0.2, 0) is 25.7 Å². The van der Waals surface area contributed by atoms with Crippen molar-refractivity contribution in [3.63, 3.8) is 0 Å². The molecule has 2 aromatic carbocycles. The molecule has 8 nitrogen and oxygen atoms in total. The van der Waals surface area contributed by atoms with Crippen LogP contribution in [0.25, 0.3) is 0 Å². The SMILES string of the molecule is CC(C)C[C@H](CO)N1C(=O)[C@@H]2[C@@H]3C(=O)N(c4ccccc4)CC=C[C@]3(C)O[C@@]23C=CCN(Cc2ccccc2)C(=O)C13. The number of rotatable bonds is 7. The third kappa shape index (κ3) is 4.48. The molecule has 0 radical (unpaired) electrons. The van der Waals surface area contributed by atoms with E-state index in [1.807, 2.05) is 106 Å². The molecule has 220 valence electrons. The van der Waals surface area contributed by atoms with Crippen LogP contribution in [0.1, 0.15) is 32.8 Å². The molecule has 2 saturated heterocycles. The minimum absolute atomic E-state index is 0.172. The van der Waals surface area contributed by atoms with Crippen molar-refractivity contribution in [2.24, 2.45) is 17.8 Å². The number of hydrogen-bond donors (Lipinski definition) is 1. The lowest BCUT2D eigenvalue weighted by Crippen LogP contribution is -2.58. The van der Waals surface area contributed by atoms with Crippen LogP contribution in [0.15, 0.2) is 85.0 Å². The van der Waals surface area contributed by atoms with E-state index < -0.39 is 35.1 Å². The molecule has 6 atom stereocenters. The summed E-state index contributed by atoms with van der Waals surface area (Å²) in [6, 6.07) is 17.6. The maximum absolute atomic E-state index is 14.7. The quantitative estimate of drug-likeness (QED) is 0.515. The molecule has 0 bridgehead atoms. The highest BCUT2D eigenvalue weighted by Gasteiger charge is 2.75. The van der Waals surface area contributed by atoms with Crippen molar-refractivity contribution in [2.45, 2.75) is 57.0 Å². The summed E-state index contributed by atoms with van der Waals surface area (Å²) >= 11 is 0. The van der Waals surface area contributed by atoms with E-state index in [9.17, 15) is 19.5 Å². The van der Waals surface area contributed by atoms with Crippen molar-refractivity contribution in [1.29, 1.82) is 0 Å². The first-order valence-electron chi connectivity index (χ1n) is 14.9. The molecule has 1 N–H and O–H groups in total. The molecule has 4 heterocycles. The van der Waals surface area contributed by atoms with Gasteiger partial charge in [-0.05, 0) is 37.0 Å². The first kappa shape index (κ1) is 28.4. The van der Waals surface area contributed by atoms with Crippen LogP contribution in [0.3, 0.4) is 0 Å². The molecule has 0 aromatic heterocycles. The van der Waals surface area contributed by atoms with Crippen molar-refractivity contribution in [3.8, 4) is 0 Å². The Morgan fingerprint density at radius 2 is 1.55 bits per heavy atom. The Morgan fingerprint density at radius 1 is 0.881 bits per heavy atom. The first-order valence-corrected chi connectivity index (χ1v) is 14.9. The summed E-state index contributed by atoms with van der Waals surface area (Å²) in [6.45, 7) is 6.70. The van der Waals surface area contributed by atoms with E-state index in [0.717, 1.165) is 11.3 Å². The third-order valence-corrected chi connectivity index (χ3v) is 9.21. The number of nitrogens with zero attached hydrogens (tertiary/aromatic N) is 3. The number of para-hydroxylation sites is 1. The minimum atomic E-state index is -1.36. The molecule has 0 aliphatic carbocycles. The summed E-state index contributed by atoms with van der Waals surface area (Å²) in [5.74, 6) is -2.37. The lowest BCUT2D eigenvalue weighted by Gasteiger charge is -2.40. The standard InChI is InChI=1S/C34H39N3O5/c1-23(2)20-26(22-38)37-29-32(41)35(21-24-12-6-4-7-13-24)18-11-17-34(29)28(31(37)40)27-30(39)36(25-14-8-5-9-15-25)19-10-16-33(27,3)42-34/h4-17,23,26-29,38H,18-22H2,1-3H3/t26-,27-,28+,29?,33+,34+/m1/s1. The molecule has 4 aliphatic rings. The molecule has 0 saturated carbocycles. The Bertz CT molecular complexity index is 1410. The van der Waals surface area contributed by atoms with Gasteiger partial charge >= 0.3 is 0 Å². The molecular weight excluding hydrogens is 530 g/mol. The zero-order valence-corrected chi connectivity index (χ0v) is 24.4. The monoisotopic (exact) mass is 569 g/mol. The maximum Gasteiger partial charge on any atom is 0.249 e. The van der Waals surface area contributed by atoms with Crippen LogP contribution in [0.2, 0.25) is 0 Å². The van der Waals surface area contributed by atoms with Gasteiger partial charge in [0, 0.05) is 25.3 Å². The molecule has 42 heavy (non-hydrogen) atoms. The third-order valence-electron chi connectivity index (χ3n) is 9.21. The van der Waals surface area contributed by atoms with Crippen LogP contribution in [-0.4, -0.2) is 75.6 Å². The topological polar surface area (TPSA) is 90.4 Å². The van der Waals surface area contributed by atoms with Gasteiger partial charge in [-0.3, -0.25) is 14.4 Å². The highest BCUT2D eigenvalue weighted by molar-refractivity contribution is 6.04. The molecule has 1 unspecified atom stereocenters. The Morgan fingerprint density at radius 3 is 2.21 bits per heavy atom. The second-order valence-electron chi connectivity index (χ2n) is 12.5. The van der Waals surface area contributed by atoms with Crippen LogP contribution in [0.4, 0.5) is 5.69 Å². The minimum Gasteiger partial charge on any atom is -0.394 e. The predicted molar refractivity (Wildman–Crippen MR) is 159 cm³/mol. The van der Waals surface area contributed by atoms with Gasteiger partial charge < -0.3 is 24.5 Å². The van der Waals surface area contributed by atoms with Gasteiger partial charge in [-0.1, -0.05) is 86.7 Å². The number of likely N-dealkylation sites (tertiary alicyclic amines) is 1. The zero-order chi connectivity index (χ0) is 29.6. The highest BCUT2D eigenvalue weighted by Crippen LogP contribution is 2.58. The van der Waals surface area contributed by atoms with Crippen molar-refractivity contribution in [3.05, 3.63) is 90.5 Å². The number of aliphatic hydroxyl groups is 1. The van der Waals surface area contributed by atoms with Gasteiger partial charge in [0.05, 0.1) is 30.1 Å². The number of anilines is 1. The fourth-order valence-corrected chi connectivity index (χ4v) is 7.51. The number of carbonyl (C=O) groups excluding carboxylic acids is 3. The van der Waals surface area contributed by atoms with Crippen molar-refractivity contribution >= 4 is 23.4 Å². The molecule has 4 aliphatic heterocycles. The lowest BCUT2D eigenvalue weighted by atomic mass is 9.74. The molecule has 3 amide bonds. The number of benzene rings is 2.